The van der Waals surface area contributed by atoms with Crippen molar-refractivity contribution in [3.63, 3.8) is 0 Å². The fourth-order valence-corrected chi connectivity index (χ4v) is 3.07. The van der Waals surface area contributed by atoms with Crippen molar-refractivity contribution in [3.05, 3.63) is 90.3 Å². The number of nitrogens with one attached hydrogen (secondary N) is 3. The number of hydrogen-bond donors (Lipinski definition) is 4. The van der Waals surface area contributed by atoms with Crippen molar-refractivity contribution in [1.29, 1.82) is 0 Å². The van der Waals surface area contributed by atoms with Gasteiger partial charge in [0.2, 0.25) is 0 Å². The predicted molar refractivity (Wildman–Crippen MR) is 117 cm³/mol. The van der Waals surface area contributed by atoms with E-state index in [-0.39, 0.29) is 5.57 Å². The van der Waals surface area contributed by atoms with Crippen molar-refractivity contribution in [2.24, 2.45) is 0 Å². The van der Waals surface area contributed by atoms with E-state index < -0.39 is 12.0 Å². The lowest BCUT2D eigenvalue weighted by molar-refractivity contribution is -0.130. The van der Waals surface area contributed by atoms with Crippen LogP contribution in [0.1, 0.15) is 11.1 Å². The zero-order chi connectivity index (χ0) is 20.9. The quantitative estimate of drug-likeness (QED) is 0.361. The number of H-pyrrole nitrogens is 1. The number of para-hydroxylation sites is 1. The van der Waals surface area contributed by atoms with Gasteiger partial charge in [0, 0.05) is 22.8 Å². The first-order valence-electron chi connectivity index (χ1n) is 9.21. The summed E-state index contributed by atoms with van der Waals surface area (Å²) in [6, 6.07) is 19.3. The minimum Gasteiger partial charge on any atom is -0.478 e. The molecule has 0 aliphatic rings. The van der Waals surface area contributed by atoms with Crippen molar-refractivity contribution in [2.45, 2.75) is 0 Å². The maximum Gasteiger partial charge on any atom is 0.336 e. The molecule has 0 aliphatic carbocycles. The number of carbonyl (C=O) groups is 2. The molecule has 0 aliphatic heterocycles. The van der Waals surface area contributed by atoms with E-state index >= 15 is 0 Å². The topological polar surface area (TPSA) is 107 Å². The summed E-state index contributed by atoms with van der Waals surface area (Å²) in [5.74, 6) is -1.03. The highest BCUT2D eigenvalue weighted by Crippen LogP contribution is 2.25. The molecule has 2 amide bonds. The number of amides is 2. The number of fused-ring (bicyclic) bond motifs is 1. The smallest absolute Gasteiger partial charge is 0.336 e. The van der Waals surface area contributed by atoms with Gasteiger partial charge < -0.3 is 20.7 Å². The molecule has 148 valence electrons. The van der Waals surface area contributed by atoms with Gasteiger partial charge in [-0.2, -0.15) is 0 Å². The van der Waals surface area contributed by atoms with Crippen molar-refractivity contribution in [2.75, 3.05) is 10.6 Å². The number of carboxylic acids is 1. The fourth-order valence-electron chi connectivity index (χ4n) is 3.07. The van der Waals surface area contributed by atoms with E-state index in [4.69, 9.17) is 0 Å². The molecule has 4 rings (SSSR count). The molecule has 7 nitrogen and oxygen atoms in total. The Morgan fingerprint density at radius 1 is 0.933 bits per heavy atom. The molecule has 4 N–H and O–H groups in total. The summed E-state index contributed by atoms with van der Waals surface area (Å²) in [4.78, 5) is 31.4. The molecule has 0 radical (unpaired) electrons. The van der Waals surface area contributed by atoms with Crippen LogP contribution in [0.5, 0.6) is 0 Å². The van der Waals surface area contributed by atoms with Crippen LogP contribution in [0.25, 0.3) is 22.7 Å². The minimum atomic E-state index is -1.03. The molecule has 4 aromatic rings. The maximum atomic E-state index is 12.2. The Morgan fingerprint density at radius 2 is 1.60 bits per heavy atom. The van der Waals surface area contributed by atoms with Gasteiger partial charge in [-0.1, -0.05) is 48.5 Å². The average Bonchev–Trinajstić information content (AvgIpc) is 3.15. The van der Waals surface area contributed by atoms with Gasteiger partial charge in [0.05, 0.1) is 17.5 Å². The molecule has 7 heteroatoms. The second kappa shape index (κ2) is 8.32. The number of urea groups is 1. The first-order chi connectivity index (χ1) is 14.6. The summed E-state index contributed by atoms with van der Waals surface area (Å²) in [6.07, 6.45) is 4.82. The number of aromatic amines is 1. The van der Waals surface area contributed by atoms with Crippen LogP contribution in [-0.4, -0.2) is 27.1 Å². The normalized spacial score (nSPS) is 11.3. The van der Waals surface area contributed by atoms with Crippen molar-refractivity contribution >= 4 is 46.1 Å². The summed E-state index contributed by atoms with van der Waals surface area (Å²) < 4.78 is 0. The second-order valence-corrected chi connectivity index (χ2v) is 6.54. The standard InChI is InChI=1S/C23H18N4O3/c28-22(29)20(15-7-3-1-4-8-15)11-16-13-24-21-19(16)12-18(14-25-21)27-23(30)26-17-9-5-2-6-10-17/h1-14H,(H,24,25)(H,28,29)(H2,26,27,30). The predicted octanol–water partition coefficient (Wildman–Crippen LogP) is 4.83. The molecular weight excluding hydrogens is 380 g/mol. The largest absolute Gasteiger partial charge is 0.478 e. The zero-order valence-electron chi connectivity index (χ0n) is 15.8. The van der Waals surface area contributed by atoms with Crippen molar-refractivity contribution < 1.29 is 14.7 Å². The number of aliphatic carboxylic acids is 1. The number of rotatable bonds is 5. The van der Waals surface area contributed by atoms with Crippen LogP contribution in [0.2, 0.25) is 0 Å². The van der Waals surface area contributed by atoms with Crippen LogP contribution >= 0.6 is 0 Å². The molecule has 30 heavy (non-hydrogen) atoms. The first kappa shape index (κ1) is 18.9. The van der Waals surface area contributed by atoms with Gasteiger partial charge in [0.1, 0.15) is 5.65 Å². The number of anilines is 2. The lowest BCUT2D eigenvalue weighted by atomic mass is 10.0. The van der Waals surface area contributed by atoms with E-state index in [1.807, 2.05) is 24.3 Å². The van der Waals surface area contributed by atoms with Crippen LogP contribution in [0, 0.1) is 0 Å². The van der Waals surface area contributed by atoms with Crippen LogP contribution < -0.4 is 10.6 Å². The molecule has 2 aromatic carbocycles. The number of aromatic nitrogens is 2. The number of pyridine rings is 1. The van der Waals surface area contributed by atoms with Gasteiger partial charge in [-0.3, -0.25) is 0 Å². The molecule has 0 saturated carbocycles. The molecule has 0 fully saturated rings. The number of carbonyl (C=O) groups excluding carboxylic acids is 1. The van der Waals surface area contributed by atoms with Crippen LogP contribution in [0.15, 0.2) is 79.1 Å². The summed E-state index contributed by atoms with van der Waals surface area (Å²) in [7, 11) is 0. The highest BCUT2D eigenvalue weighted by atomic mass is 16.4. The maximum absolute atomic E-state index is 12.2. The number of benzene rings is 2. The highest BCUT2D eigenvalue weighted by Gasteiger charge is 2.13. The number of carboxylic acid groups (broad SMARTS) is 1. The molecule has 0 atom stereocenters. The Hall–Kier alpha value is -4.39. The molecular formula is C23H18N4O3. The lowest BCUT2D eigenvalue weighted by Crippen LogP contribution is -2.19. The van der Waals surface area contributed by atoms with Gasteiger partial charge in [-0.25, -0.2) is 14.6 Å². The van der Waals surface area contributed by atoms with Gasteiger partial charge in [0.25, 0.3) is 0 Å². The summed E-state index contributed by atoms with van der Waals surface area (Å²) in [6.45, 7) is 0. The monoisotopic (exact) mass is 398 g/mol. The zero-order valence-corrected chi connectivity index (χ0v) is 15.8. The minimum absolute atomic E-state index is 0.164. The molecule has 2 heterocycles. The van der Waals surface area contributed by atoms with Gasteiger partial charge in [-0.05, 0) is 29.8 Å². The van der Waals surface area contributed by atoms with E-state index in [0.717, 1.165) is 0 Å². The van der Waals surface area contributed by atoms with Gasteiger partial charge >= 0.3 is 12.0 Å². The van der Waals surface area contributed by atoms with Gasteiger partial charge in [0.15, 0.2) is 0 Å². The average molecular weight is 398 g/mol. The SMILES string of the molecule is O=C(Nc1ccccc1)Nc1cnc2[nH]cc(C=C(C(=O)O)c3ccccc3)c2c1. The van der Waals surface area contributed by atoms with E-state index in [0.29, 0.717) is 33.5 Å². The number of nitrogens with zero attached hydrogens (tertiary/aromatic N) is 1. The van der Waals surface area contributed by atoms with Crippen molar-refractivity contribution in [3.8, 4) is 0 Å². The molecule has 0 bridgehead atoms. The molecule has 0 saturated heterocycles. The first-order valence-corrected chi connectivity index (χ1v) is 9.21. The Morgan fingerprint density at radius 3 is 2.30 bits per heavy atom. The third-order valence-electron chi connectivity index (χ3n) is 4.47. The van der Waals surface area contributed by atoms with E-state index in [2.05, 4.69) is 20.6 Å². The van der Waals surface area contributed by atoms with Crippen LogP contribution in [0.3, 0.4) is 0 Å². The summed E-state index contributed by atoms with van der Waals surface area (Å²) in [5, 5.41) is 15.8. The third kappa shape index (κ3) is 4.20. The fraction of sp³-hybridized carbons (Fsp3) is 0. The number of hydrogen-bond acceptors (Lipinski definition) is 3. The lowest BCUT2D eigenvalue weighted by Gasteiger charge is -2.07. The summed E-state index contributed by atoms with van der Waals surface area (Å²) in [5.41, 5.74) is 3.17. The van der Waals surface area contributed by atoms with Crippen molar-refractivity contribution in [1.82, 2.24) is 9.97 Å². The Bertz CT molecular complexity index is 1230. The third-order valence-corrected chi connectivity index (χ3v) is 4.47. The Balaban J connectivity index is 1.63. The van der Waals surface area contributed by atoms with E-state index in [9.17, 15) is 14.7 Å². The second-order valence-electron chi connectivity index (χ2n) is 6.54. The Labute approximate surface area is 172 Å². The van der Waals surface area contributed by atoms with Crippen LogP contribution in [-0.2, 0) is 4.79 Å². The molecule has 2 aromatic heterocycles. The molecule has 0 unspecified atom stereocenters. The van der Waals surface area contributed by atoms with E-state index in [1.54, 1.807) is 54.7 Å². The Kier molecular flexibility index (Phi) is 5.25. The molecule has 0 spiro atoms. The van der Waals surface area contributed by atoms with Gasteiger partial charge in [-0.15, -0.1) is 0 Å². The van der Waals surface area contributed by atoms with Crippen LogP contribution in [0.4, 0.5) is 16.2 Å². The highest BCUT2D eigenvalue weighted by molar-refractivity contribution is 6.21. The van der Waals surface area contributed by atoms with E-state index in [1.165, 1.54) is 6.20 Å². The summed E-state index contributed by atoms with van der Waals surface area (Å²) >= 11 is 0.